The van der Waals surface area contributed by atoms with E-state index in [1.807, 2.05) is 6.20 Å². The summed E-state index contributed by atoms with van der Waals surface area (Å²) in [5.41, 5.74) is 1.24. The first-order valence-corrected chi connectivity index (χ1v) is 7.29. The molecule has 0 fully saturated rings. The first-order chi connectivity index (χ1) is 9.31. The zero-order valence-electron chi connectivity index (χ0n) is 14.0. The molecule has 1 atom stereocenters. The molecule has 0 spiro atoms. The van der Waals surface area contributed by atoms with Gasteiger partial charge in [-0.05, 0) is 26.1 Å². The molecule has 116 valence electrons. The van der Waals surface area contributed by atoms with E-state index in [9.17, 15) is 0 Å². The minimum Gasteiger partial charge on any atom is -0.493 e. The number of rotatable bonds is 7. The van der Waals surface area contributed by atoms with Crippen molar-refractivity contribution in [3.63, 3.8) is 0 Å². The molecule has 1 unspecified atom stereocenters. The van der Waals surface area contributed by atoms with Crippen LogP contribution in [0, 0.1) is 5.41 Å². The van der Waals surface area contributed by atoms with Gasteiger partial charge in [0.15, 0.2) is 5.75 Å². The molecule has 0 radical (unpaired) electrons. The number of hydrogen-bond acceptors (Lipinski definition) is 4. The van der Waals surface area contributed by atoms with Crippen LogP contribution in [0.1, 0.15) is 39.4 Å². The van der Waals surface area contributed by atoms with Gasteiger partial charge in [-0.2, -0.15) is 5.10 Å². The molecule has 1 heterocycles. The Bertz CT molecular complexity index is 406. The first kappa shape index (κ1) is 17.0. The molecular weight excluding hydrogens is 252 g/mol. The van der Waals surface area contributed by atoms with Gasteiger partial charge in [-0.1, -0.05) is 27.7 Å². The van der Waals surface area contributed by atoms with Crippen LogP contribution in [0.2, 0.25) is 0 Å². The highest BCUT2D eigenvalue weighted by atomic mass is 16.5. The third-order valence-corrected chi connectivity index (χ3v) is 3.37. The van der Waals surface area contributed by atoms with Crippen LogP contribution in [0.3, 0.4) is 0 Å². The monoisotopic (exact) mass is 282 g/mol. The molecule has 1 rings (SSSR count). The molecule has 0 aliphatic carbocycles. The second kappa shape index (κ2) is 7.09. The van der Waals surface area contributed by atoms with Crippen LogP contribution in [0.5, 0.6) is 5.75 Å². The topological polar surface area (TPSA) is 42.3 Å². The number of likely N-dealkylation sites (N-methyl/N-ethyl adjacent to an activating group) is 1. The van der Waals surface area contributed by atoms with Gasteiger partial charge < -0.3 is 15.0 Å². The Morgan fingerprint density at radius 2 is 2.05 bits per heavy atom. The zero-order chi connectivity index (χ0) is 15.3. The lowest BCUT2D eigenvalue weighted by Crippen LogP contribution is -2.35. The smallest absolute Gasteiger partial charge is 0.161 e. The Hall–Kier alpha value is -1.07. The molecule has 20 heavy (non-hydrogen) atoms. The molecule has 1 aromatic rings. The molecular formula is C15H30N4O. The van der Waals surface area contributed by atoms with Crippen LogP contribution in [-0.2, 0) is 6.54 Å². The van der Waals surface area contributed by atoms with Gasteiger partial charge in [-0.3, -0.25) is 4.68 Å². The van der Waals surface area contributed by atoms with Crippen molar-refractivity contribution < 1.29 is 4.74 Å². The number of aromatic nitrogens is 2. The van der Waals surface area contributed by atoms with Crippen LogP contribution >= 0.6 is 0 Å². The van der Waals surface area contributed by atoms with E-state index >= 15 is 0 Å². The number of hydrogen-bond donors (Lipinski definition) is 1. The summed E-state index contributed by atoms with van der Waals surface area (Å²) in [5, 5.41) is 8.07. The second-order valence-corrected chi connectivity index (χ2v) is 6.48. The number of methoxy groups -OCH3 is 1. The number of nitrogens with zero attached hydrogens (tertiary/aromatic N) is 3. The summed E-state index contributed by atoms with van der Waals surface area (Å²) in [6.45, 7) is 11.6. The molecule has 0 bridgehead atoms. The van der Waals surface area contributed by atoms with Gasteiger partial charge in [0.25, 0.3) is 0 Å². The fourth-order valence-electron chi connectivity index (χ4n) is 2.32. The van der Waals surface area contributed by atoms with Crippen LogP contribution in [0.15, 0.2) is 6.20 Å². The van der Waals surface area contributed by atoms with Crippen molar-refractivity contribution in [1.82, 2.24) is 20.0 Å². The summed E-state index contributed by atoms with van der Waals surface area (Å²) in [5.74, 6) is 0.865. The average Bonchev–Trinajstić information content (AvgIpc) is 2.74. The third kappa shape index (κ3) is 4.21. The minimum absolute atomic E-state index is 0.0964. The molecule has 1 N–H and O–H groups in total. The molecule has 1 aromatic heterocycles. The van der Waals surface area contributed by atoms with Crippen molar-refractivity contribution in [2.45, 2.75) is 40.3 Å². The Morgan fingerprint density at radius 3 is 2.50 bits per heavy atom. The third-order valence-electron chi connectivity index (χ3n) is 3.37. The lowest BCUT2D eigenvalue weighted by Gasteiger charge is -2.32. The summed E-state index contributed by atoms with van der Waals surface area (Å²) >= 11 is 0. The van der Waals surface area contributed by atoms with Crippen LogP contribution in [0.25, 0.3) is 0 Å². The predicted octanol–water partition coefficient (Wildman–Crippen LogP) is 2.15. The van der Waals surface area contributed by atoms with Crippen molar-refractivity contribution in [2.75, 3.05) is 34.3 Å². The van der Waals surface area contributed by atoms with Crippen LogP contribution in [-0.4, -0.2) is 49.0 Å². The quantitative estimate of drug-likeness (QED) is 0.832. The molecule has 0 saturated carbocycles. The van der Waals surface area contributed by atoms with E-state index < -0.39 is 0 Å². The number of nitrogens with one attached hydrogen (secondary N) is 1. The molecule has 5 nitrogen and oxygen atoms in total. The molecule has 5 heteroatoms. The van der Waals surface area contributed by atoms with E-state index in [0.717, 1.165) is 31.1 Å². The maximum Gasteiger partial charge on any atom is 0.161 e. The lowest BCUT2D eigenvalue weighted by molar-refractivity contribution is 0.250. The highest BCUT2D eigenvalue weighted by Gasteiger charge is 2.31. The summed E-state index contributed by atoms with van der Waals surface area (Å²) < 4.78 is 7.59. The van der Waals surface area contributed by atoms with Crippen molar-refractivity contribution in [2.24, 2.45) is 5.41 Å². The SMILES string of the molecule is CCNC(c1c(OC)cnn1CCN(C)C)C(C)(C)C. The van der Waals surface area contributed by atoms with Gasteiger partial charge >= 0.3 is 0 Å². The van der Waals surface area contributed by atoms with E-state index in [1.165, 1.54) is 0 Å². The fourth-order valence-corrected chi connectivity index (χ4v) is 2.32. The number of ether oxygens (including phenoxy) is 1. The summed E-state index contributed by atoms with van der Waals surface area (Å²) in [4.78, 5) is 2.16. The second-order valence-electron chi connectivity index (χ2n) is 6.48. The van der Waals surface area contributed by atoms with E-state index in [1.54, 1.807) is 7.11 Å². The standard InChI is InChI=1S/C15H30N4O/c1-8-16-14(15(2,3)4)13-12(20-7)11-17-19(13)10-9-18(5)6/h11,14,16H,8-10H2,1-7H3. The van der Waals surface area contributed by atoms with Gasteiger partial charge in [0.1, 0.15) is 0 Å². The minimum atomic E-state index is 0.0964. The molecule has 0 saturated heterocycles. The van der Waals surface area contributed by atoms with Gasteiger partial charge in [-0.25, -0.2) is 0 Å². The Morgan fingerprint density at radius 1 is 1.40 bits per heavy atom. The summed E-state index contributed by atoms with van der Waals surface area (Å²) in [7, 11) is 5.86. The first-order valence-electron chi connectivity index (χ1n) is 7.29. The maximum absolute atomic E-state index is 5.52. The summed E-state index contributed by atoms with van der Waals surface area (Å²) in [6.07, 6.45) is 1.82. The maximum atomic E-state index is 5.52. The molecule has 0 aliphatic heterocycles. The average molecular weight is 282 g/mol. The lowest BCUT2D eigenvalue weighted by atomic mass is 9.84. The highest BCUT2D eigenvalue weighted by molar-refractivity contribution is 5.29. The largest absolute Gasteiger partial charge is 0.493 e. The zero-order valence-corrected chi connectivity index (χ0v) is 14.0. The van der Waals surface area contributed by atoms with Crippen molar-refractivity contribution in [1.29, 1.82) is 0 Å². The van der Waals surface area contributed by atoms with E-state index in [0.29, 0.717) is 0 Å². The molecule has 0 aliphatic rings. The van der Waals surface area contributed by atoms with Crippen LogP contribution in [0.4, 0.5) is 0 Å². The Labute approximate surface area is 123 Å². The normalized spacial score (nSPS) is 13.8. The van der Waals surface area contributed by atoms with E-state index in [2.05, 4.69) is 61.8 Å². The fraction of sp³-hybridized carbons (Fsp3) is 0.800. The van der Waals surface area contributed by atoms with E-state index in [4.69, 9.17) is 4.74 Å². The van der Waals surface area contributed by atoms with Gasteiger partial charge in [0.2, 0.25) is 0 Å². The summed E-state index contributed by atoms with van der Waals surface area (Å²) in [6, 6.07) is 0.215. The van der Waals surface area contributed by atoms with Gasteiger partial charge in [-0.15, -0.1) is 0 Å². The highest BCUT2D eigenvalue weighted by Crippen LogP contribution is 2.37. The van der Waals surface area contributed by atoms with Gasteiger partial charge in [0, 0.05) is 6.54 Å². The Balaban J connectivity index is 3.13. The van der Waals surface area contributed by atoms with Crippen LogP contribution < -0.4 is 10.1 Å². The van der Waals surface area contributed by atoms with Crippen molar-refractivity contribution in [3.8, 4) is 5.75 Å². The van der Waals surface area contributed by atoms with Gasteiger partial charge in [0.05, 0.1) is 31.6 Å². The Kier molecular flexibility index (Phi) is 6.02. The molecule has 0 amide bonds. The predicted molar refractivity (Wildman–Crippen MR) is 83.2 cm³/mol. The van der Waals surface area contributed by atoms with Crippen molar-refractivity contribution in [3.05, 3.63) is 11.9 Å². The van der Waals surface area contributed by atoms with E-state index in [-0.39, 0.29) is 11.5 Å². The molecule has 0 aromatic carbocycles. The van der Waals surface area contributed by atoms with Crippen molar-refractivity contribution >= 4 is 0 Å².